The summed E-state index contributed by atoms with van der Waals surface area (Å²) in [4.78, 5) is 0. The second-order valence-corrected chi connectivity index (χ2v) is 5.24. The van der Waals surface area contributed by atoms with E-state index < -0.39 is 0 Å². The topological polar surface area (TPSA) is 12.0 Å². The minimum absolute atomic E-state index is 0.194. The molecule has 1 N–H and O–H groups in total. The van der Waals surface area contributed by atoms with Gasteiger partial charge in [-0.15, -0.1) is 0 Å². The Balaban J connectivity index is 1.94. The van der Waals surface area contributed by atoms with Gasteiger partial charge < -0.3 is 5.32 Å². The molecule has 0 atom stereocenters. The van der Waals surface area contributed by atoms with Crippen molar-refractivity contribution in [1.29, 1.82) is 0 Å². The van der Waals surface area contributed by atoms with Gasteiger partial charge in [0, 0.05) is 17.6 Å². The first-order valence-electron chi connectivity index (χ1n) is 5.55. The van der Waals surface area contributed by atoms with Crippen LogP contribution in [0.1, 0.15) is 11.1 Å². The van der Waals surface area contributed by atoms with Gasteiger partial charge in [0.2, 0.25) is 0 Å². The highest BCUT2D eigenvalue weighted by molar-refractivity contribution is 9.10. The van der Waals surface area contributed by atoms with E-state index in [1.54, 1.807) is 6.07 Å². The lowest BCUT2D eigenvalue weighted by molar-refractivity contribution is 0.620. The average molecular weight is 329 g/mol. The van der Waals surface area contributed by atoms with Gasteiger partial charge in [0.1, 0.15) is 5.82 Å². The Labute approximate surface area is 119 Å². The first-order chi connectivity index (χ1) is 8.66. The van der Waals surface area contributed by atoms with Gasteiger partial charge in [-0.05, 0) is 29.3 Å². The maximum atomic E-state index is 13.2. The van der Waals surface area contributed by atoms with Crippen LogP contribution >= 0.6 is 27.5 Å². The second kappa shape index (κ2) is 6.32. The third kappa shape index (κ3) is 3.55. The summed E-state index contributed by atoms with van der Waals surface area (Å²) in [5.74, 6) is -0.376. The van der Waals surface area contributed by atoms with Gasteiger partial charge in [-0.3, -0.25) is 0 Å². The summed E-state index contributed by atoms with van der Waals surface area (Å²) < 4.78 is 14.3. The van der Waals surface area contributed by atoms with Gasteiger partial charge in [-0.1, -0.05) is 51.8 Å². The monoisotopic (exact) mass is 327 g/mol. The van der Waals surface area contributed by atoms with Gasteiger partial charge in [0.15, 0.2) is 0 Å². The Morgan fingerprint density at radius 1 is 1.11 bits per heavy atom. The van der Waals surface area contributed by atoms with Crippen LogP contribution in [0.5, 0.6) is 0 Å². The molecular formula is C14H12BrClFN. The molecule has 0 amide bonds. The molecule has 94 valence electrons. The molecule has 2 aromatic carbocycles. The summed E-state index contributed by atoms with van der Waals surface area (Å²) in [6.07, 6.45) is 0. The van der Waals surface area contributed by atoms with Crippen molar-refractivity contribution in [2.24, 2.45) is 0 Å². The van der Waals surface area contributed by atoms with Crippen molar-refractivity contribution in [1.82, 2.24) is 5.32 Å². The molecule has 0 heterocycles. The Bertz CT molecular complexity index is 545. The fourth-order valence-electron chi connectivity index (χ4n) is 1.67. The highest BCUT2D eigenvalue weighted by Gasteiger charge is 2.04. The van der Waals surface area contributed by atoms with Gasteiger partial charge in [-0.2, -0.15) is 0 Å². The summed E-state index contributed by atoms with van der Waals surface area (Å²) in [7, 11) is 0. The van der Waals surface area contributed by atoms with E-state index in [0.29, 0.717) is 13.1 Å². The van der Waals surface area contributed by atoms with Crippen LogP contribution in [0, 0.1) is 5.82 Å². The molecule has 0 aromatic heterocycles. The zero-order valence-corrected chi connectivity index (χ0v) is 11.9. The van der Waals surface area contributed by atoms with Crippen molar-refractivity contribution in [3.8, 4) is 0 Å². The van der Waals surface area contributed by atoms with Crippen molar-refractivity contribution < 1.29 is 4.39 Å². The Hall–Kier alpha value is -0.900. The lowest BCUT2D eigenvalue weighted by Gasteiger charge is -2.07. The van der Waals surface area contributed by atoms with Crippen molar-refractivity contribution in [3.63, 3.8) is 0 Å². The molecule has 4 heteroatoms. The quantitative estimate of drug-likeness (QED) is 0.869. The summed E-state index contributed by atoms with van der Waals surface area (Å²) in [5.41, 5.74) is 1.93. The molecule has 0 aliphatic carbocycles. The number of rotatable bonds is 4. The predicted molar refractivity (Wildman–Crippen MR) is 76.1 cm³/mol. The van der Waals surface area contributed by atoms with Gasteiger partial charge >= 0.3 is 0 Å². The van der Waals surface area contributed by atoms with Crippen molar-refractivity contribution >= 4 is 27.5 Å². The molecule has 0 unspecified atom stereocenters. The Morgan fingerprint density at radius 3 is 2.67 bits per heavy atom. The normalized spacial score (nSPS) is 10.6. The standard InChI is InChI=1S/C14H12BrClFN/c15-12-5-1-3-10(7-12)8-18-9-11-4-2-6-13(17)14(11)16/h1-7,18H,8-9H2. The minimum Gasteiger partial charge on any atom is -0.309 e. The van der Waals surface area contributed by atoms with E-state index in [1.165, 1.54) is 6.07 Å². The van der Waals surface area contributed by atoms with Crippen molar-refractivity contribution in [2.45, 2.75) is 13.1 Å². The van der Waals surface area contributed by atoms with Crippen molar-refractivity contribution in [3.05, 3.63) is 68.9 Å². The molecule has 2 aromatic rings. The third-order valence-corrected chi connectivity index (χ3v) is 3.48. The molecule has 1 nitrogen and oxygen atoms in total. The fourth-order valence-corrected chi connectivity index (χ4v) is 2.31. The maximum Gasteiger partial charge on any atom is 0.142 e. The molecule has 2 rings (SSSR count). The molecule has 0 fully saturated rings. The minimum atomic E-state index is -0.376. The summed E-state index contributed by atoms with van der Waals surface area (Å²) in [6.45, 7) is 1.26. The van der Waals surface area contributed by atoms with Crippen LogP contribution < -0.4 is 5.32 Å². The number of benzene rings is 2. The smallest absolute Gasteiger partial charge is 0.142 e. The number of nitrogens with one attached hydrogen (secondary N) is 1. The first kappa shape index (κ1) is 13.5. The lowest BCUT2D eigenvalue weighted by Crippen LogP contribution is -2.13. The van der Waals surface area contributed by atoms with E-state index in [2.05, 4.69) is 21.2 Å². The highest BCUT2D eigenvalue weighted by Crippen LogP contribution is 2.19. The van der Waals surface area contributed by atoms with E-state index in [0.717, 1.165) is 15.6 Å². The van der Waals surface area contributed by atoms with Crippen LogP contribution in [0.25, 0.3) is 0 Å². The first-order valence-corrected chi connectivity index (χ1v) is 6.72. The van der Waals surface area contributed by atoms with Crippen LogP contribution in [0.2, 0.25) is 5.02 Å². The maximum absolute atomic E-state index is 13.2. The Morgan fingerprint density at radius 2 is 1.89 bits per heavy atom. The van der Waals surface area contributed by atoms with E-state index in [4.69, 9.17) is 11.6 Å². The van der Waals surface area contributed by atoms with E-state index >= 15 is 0 Å². The molecule has 0 aliphatic rings. The molecular weight excluding hydrogens is 317 g/mol. The zero-order chi connectivity index (χ0) is 13.0. The van der Waals surface area contributed by atoms with Crippen LogP contribution in [0.15, 0.2) is 46.9 Å². The average Bonchev–Trinajstić information content (AvgIpc) is 2.35. The third-order valence-electron chi connectivity index (χ3n) is 2.57. The molecule has 0 saturated heterocycles. The fraction of sp³-hybridized carbons (Fsp3) is 0.143. The SMILES string of the molecule is Fc1cccc(CNCc2cccc(Br)c2)c1Cl. The van der Waals surface area contributed by atoms with Crippen molar-refractivity contribution in [2.75, 3.05) is 0 Å². The number of hydrogen-bond acceptors (Lipinski definition) is 1. The van der Waals surface area contributed by atoms with E-state index in [9.17, 15) is 4.39 Å². The number of halogens is 3. The predicted octanol–water partition coefficient (Wildman–Crippen LogP) is 4.53. The van der Waals surface area contributed by atoms with Crippen LogP contribution in [-0.4, -0.2) is 0 Å². The zero-order valence-electron chi connectivity index (χ0n) is 9.59. The summed E-state index contributed by atoms with van der Waals surface area (Å²) in [5, 5.41) is 3.44. The number of hydrogen-bond donors (Lipinski definition) is 1. The van der Waals surface area contributed by atoms with Gasteiger partial charge in [0.25, 0.3) is 0 Å². The Kier molecular flexibility index (Phi) is 4.75. The molecule has 0 radical (unpaired) electrons. The summed E-state index contributed by atoms with van der Waals surface area (Å²) >= 11 is 9.30. The molecule has 18 heavy (non-hydrogen) atoms. The van der Waals surface area contributed by atoms with Gasteiger partial charge in [0.05, 0.1) is 5.02 Å². The van der Waals surface area contributed by atoms with Crippen LogP contribution in [0.3, 0.4) is 0 Å². The molecule has 0 aliphatic heterocycles. The molecule has 0 saturated carbocycles. The summed E-state index contributed by atoms with van der Waals surface area (Å²) in [6, 6.07) is 12.9. The van der Waals surface area contributed by atoms with E-state index in [1.807, 2.05) is 30.3 Å². The highest BCUT2D eigenvalue weighted by atomic mass is 79.9. The molecule has 0 spiro atoms. The van der Waals surface area contributed by atoms with Gasteiger partial charge in [-0.25, -0.2) is 4.39 Å². The molecule has 0 bridgehead atoms. The lowest BCUT2D eigenvalue weighted by atomic mass is 10.2. The van der Waals surface area contributed by atoms with Crippen LogP contribution in [0.4, 0.5) is 4.39 Å². The van der Waals surface area contributed by atoms with E-state index in [-0.39, 0.29) is 10.8 Å². The second-order valence-electron chi connectivity index (χ2n) is 3.95. The largest absolute Gasteiger partial charge is 0.309 e. The van der Waals surface area contributed by atoms with Crippen LogP contribution in [-0.2, 0) is 13.1 Å².